The molecular formula is C14H22ClN3. The lowest BCUT2D eigenvalue weighted by Crippen LogP contribution is -2.31. The minimum absolute atomic E-state index is 0.705. The second kappa shape index (κ2) is 6.41. The third-order valence-electron chi connectivity index (χ3n) is 3.54. The molecule has 0 saturated carbocycles. The van der Waals surface area contributed by atoms with Crippen molar-refractivity contribution in [2.75, 3.05) is 39.0 Å². The van der Waals surface area contributed by atoms with Crippen LogP contribution in [0.3, 0.4) is 0 Å². The standard InChI is InChI=1S/C14H22ClN3/c1-17(8-9-18-6-2-3-7-18)11-12-4-5-13(15)10-14(12)16/h4-5,10H,2-3,6-9,11,16H2,1H3. The fourth-order valence-corrected chi connectivity index (χ4v) is 2.58. The molecule has 0 unspecified atom stereocenters. The number of hydrogen-bond acceptors (Lipinski definition) is 3. The van der Waals surface area contributed by atoms with Gasteiger partial charge in [-0.15, -0.1) is 0 Å². The minimum atomic E-state index is 0.705. The molecule has 2 rings (SSSR count). The molecule has 1 heterocycles. The van der Waals surface area contributed by atoms with Gasteiger partial charge in [0.1, 0.15) is 0 Å². The van der Waals surface area contributed by atoms with E-state index in [4.69, 9.17) is 17.3 Å². The topological polar surface area (TPSA) is 32.5 Å². The Morgan fingerprint density at radius 1 is 1.33 bits per heavy atom. The Kier molecular flexibility index (Phi) is 4.87. The summed E-state index contributed by atoms with van der Waals surface area (Å²) in [5.74, 6) is 0. The SMILES string of the molecule is CN(CCN1CCCC1)Cc1ccc(Cl)cc1N. The first kappa shape index (κ1) is 13.7. The van der Waals surface area contributed by atoms with Crippen LogP contribution in [0.2, 0.25) is 5.02 Å². The van der Waals surface area contributed by atoms with Crippen LogP contribution in [0.15, 0.2) is 18.2 Å². The molecule has 0 amide bonds. The van der Waals surface area contributed by atoms with Gasteiger partial charge in [-0.1, -0.05) is 17.7 Å². The van der Waals surface area contributed by atoms with Crippen molar-refractivity contribution in [1.82, 2.24) is 9.80 Å². The van der Waals surface area contributed by atoms with Crippen LogP contribution < -0.4 is 5.73 Å². The third-order valence-corrected chi connectivity index (χ3v) is 3.78. The van der Waals surface area contributed by atoms with Crippen LogP contribution in [-0.4, -0.2) is 43.0 Å². The van der Waals surface area contributed by atoms with E-state index in [1.165, 1.54) is 25.9 Å². The zero-order valence-corrected chi connectivity index (χ0v) is 11.8. The van der Waals surface area contributed by atoms with Gasteiger partial charge in [-0.3, -0.25) is 0 Å². The molecular weight excluding hydrogens is 246 g/mol. The van der Waals surface area contributed by atoms with Crippen molar-refractivity contribution in [3.05, 3.63) is 28.8 Å². The molecule has 0 atom stereocenters. The Morgan fingerprint density at radius 3 is 2.72 bits per heavy atom. The number of rotatable bonds is 5. The minimum Gasteiger partial charge on any atom is -0.398 e. The molecule has 100 valence electrons. The first-order valence-corrected chi connectivity index (χ1v) is 6.98. The quantitative estimate of drug-likeness (QED) is 0.832. The summed E-state index contributed by atoms with van der Waals surface area (Å²) in [6.45, 7) is 5.65. The normalized spacial score (nSPS) is 16.6. The fraction of sp³-hybridized carbons (Fsp3) is 0.571. The summed E-state index contributed by atoms with van der Waals surface area (Å²) in [4.78, 5) is 4.85. The van der Waals surface area contributed by atoms with Crippen molar-refractivity contribution < 1.29 is 0 Å². The average molecular weight is 268 g/mol. The summed E-state index contributed by atoms with van der Waals surface area (Å²) in [6.07, 6.45) is 2.71. The lowest BCUT2D eigenvalue weighted by atomic mass is 10.1. The van der Waals surface area contributed by atoms with Gasteiger partial charge in [0.2, 0.25) is 0 Å². The molecule has 0 spiro atoms. The molecule has 3 nitrogen and oxygen atoms in total. The van der Waals surface area contributed by atoms with Gasteiger partial charge in [-0.2, -0.15) is 0 Å². The molecule has 1 aliphatic heterocycles. The van der Waals surface area contributed by atoms with Gasteiger partial charge in [0, 0.05) is 30.3 Å². The van der Waals surface area contributed by atoms with Gasteiger partial charge < -0.3 is 15.5 Å². The fourth-order valence-electron chi connectivity index (χ4n) is 2.40. The Bertz CT molecular complexity index is 389. The number of likely N-dealkylation sites (tertiary alicyclic amines) is 1. The Morgan fingerprint density at radius 2 is 2.06 bits per heavy atom. The Balaban J connectivity index is 1.80. The zero-order valence-electron chi connectivity index (χ0n) is 11.0. The predicted molar refractivity (Wildman–Crippen MR) is 77.9 cm³/mol. The highest BCUT2D eigenvalue weighted by molar-refractivity contribution is 6.30. The maximum Gasteiger partial charge on any atom is 0.0426 e. The van der Waals surface area contributed by atoms with E-state index in [0.717, 1.165) is 30.9 Å². The molecule has 0 aliphatic carbocycles. The van der Waals surface area contributed by atoms with Gasteiger partial charge in [-0.25, -0.2) is 0 Å². The first-order chi connectivity index (χ1) is 8.65. The number of nitrogens with two attached hydrogens (primary N) is 1. The summed E-state index contributed by atoms with van der Waals surface area (Å²) in [5.41, 5.74) is 7.91. The highest BCUT2D eigenvalue weighted by Crippen LogP contribution is 2.19. The molecule has 1 aliphatic rings. The molecule has 0 aromatic heterocycles. The Labute approximate surface area is 115 Å². The van der Waals surface area contributed by atoms with Crippen LogP contribution in [-0.2, 0) is 6.54 Å². The summed E-state index contributed by atoms with van der Waals surface area (Å²) in [5, 5.41) is 0.705. The van der Waals surface area contributed by atoms with Gasteiger partial charge in [-0.05, 0) is 50.7 Å². The largest absolute Gasteiger partial charge is 0.398 e. The predicted octanol–water partition coefficient (Wildman–Crippen LogP) is 2.45. The monoisotopic (exact) mass is 267 g/mol. The van der Waals surface area contributed by atoms with E-state index >= 15 is 0 Å². The number of halogens is 1. The molecule has 0 bridgehead atoms. The van der Waals surface area contributed by atoms with E-state index in [1.807, 2.05) is 18.2 Å². The summed E-state index contributed by atoms with van der Waals surface area (Å²) in [6, 6.07) is 5.75. The summed E-state index contributed by atoms with van der Waals surface area (Å²) < 4.78 is 0. The Hall–Kier alpha value is -0.770. The average Bonchev–Trinajstić information content (AvgIpc) is 2.83. The van der Waals surface area contributed by atoms with Crippen molar-refractivity contribution in [3.63, 3.8) is 0 Å². The van der Waals surface area contributed by atoms with Gasteiger partial charge in [0.15, 0.2) is 0 Å². The lowest BCUT2D eigenvalue weighted by Gasteiger charge is -2.21. The van der Waals surface area contributed by atoms with Crippen LogP contribution in [0.4, 0.5) is 5.69 Å². The molecule has 0 radical (unpaired) electrons. The van der Waals surface area contributed by atoms with Crippen LogP contribution in [0.25, 0.3) is 0 Å². The summed E-state index contributed by atoms with van der Waals surface area (Å²) in [7, 11) is 2.14. The van der Waals surface area contributed by atoms with E-state index in [2.05, 4.69) is 16.8 Å². The maximum atomic E-state index is 5.97. The molecule has 1 fully saturated rings. The van der Waals surface area contributed by atoms with Crippen molar-refractivity contribution in [2.45, 2.75) is 19.4 Å². The van der Waals surface area contributed by atoms with E-state index in [1.54, 1.807) is 0 Å². The molecule has 4 heteroatoms. The lowest BCUT2D eigenvalue weighted by molar-refractivity contribution is 0.252. The smallest absolute Gasteiger partial charge is 0.0426 e. The van der Waals surface area contributed by atoms with E-state index in [0.29, 0.717) is 5.02 Å². The number of nitrogen functional groups attached to an aromatic ring is 1. The first-order valence-electron chi connectivity index (χ1n) is 6.60. The van der Waals surface area contributed by atoms with Crippen molar-refractivity contribution >= 4 is 17.3 Å². The highest BCUT2D eigenvalue weighted by Gasteiger charge is 2.12. The van der Waals surface area contributed by atoms with Crippen LogP contribution >= 0.6 is 11.6 Å². The van der Waals surface area contributed by atoms with Crippen LogP contribution in [0.1, 0.15) is 18.4 Å². The van der Waals surface area contributed by atoms with Crippen molar-refractivity contribution in [3.8, 4) is 0 Å². The van der Waals surface area contributed by atoms with Gasteiger partial charge in [0.25, 0.3) is 0 Å². The van der Waals surface area contributed by atoms with Crippen LogP contribution in [0.5, 0.6) is 0 Å². The van der Waals surface area contributed by atoms with Crippen LogP contribution in [0, 0.1) is 0 Å². The van der Waals surface area contributed by atoms with Crippen molar-refractivity contribution in [1.29, 1.82) is 0 Å². The van der Waals surface area contributed by atoms with E-state index < -0.39 is 0 Å². The van der Waals surface area contributed by atoms with E-state index in [-0.39, 0.29) is 0 Å². The van der Waals surface area contributed by atoms with Gasteiger partial charge in [0.05, 0.1) is 0 Å². The zero-order chi connectivity index (χ0) is 13.0. The third kappa shape index (κ3) is 3.87. The molecule has 1 aromatic carbocycles. The summed E-state index contributed by atoms with van der Waals surface area (Å²) >= 11 is 5.90. The highest BCUT2D eigenvalue weighted by atomic mass is 35.5. The van der Waals surface area contributed by atoms with Crippen molar-refractivity contribution in [2.24, 2.45) is 0 Å². The number of likely N-dealkylation sites (N-methyl/N-ethyl adjacent to an activating group) is 1. The molecule has 1 saturated heterocycles. The number of nitrogens with zero attached hydrogens (tertiary/aromatic N) is 2. The van der Waals surface area contributed by atoms with Gasteiger partial charge >= 0.3 is 0 Å². The number of benzene rings is 1. The molecule has 1 aromatic rings. The second-order valence-electron chi connectivity index (χ2n) is 5.13. The maximum absolute atomic E-state index is 5.97. The molecule has 18 heavy (non-hydrogen) atoms. The number of anilines is 1. The van der Waals surface area contributed by atoms with E-state index in [9.17, 15) is 0 Å². The second-order valence-corrected chi connectivity index (χ2v) is 5.57. The number of hydrogen-bond donors (Lipinski definition) is 1. The molecule has 2 N–H and O–H groups in total.